The Labute approximate surface area is 231 Å². The van der Waals surface area contributed by atoms with Crippen LogP contribution in [0.4, 0.5) is 11.4 Å². The zero-order valence-electron chi connectivity index (χ0n) is 24.6. The van der Waals surface area contributed by atoms with Gasteiger partial charge >= 0.3 is 5.97 Å². The molecular weight excluding hydrogens is 468 g/mol. The lowest BCUT2D eigenvalue weighted by Crippen LogP contribution is -2.51. The summed E-state index contributed by atoms with van der Waals surface area (Å²) in [5.41, 5.74) is 15.6. The van der Waals surface area contributed by atoms with Gasteiger partial charge in [0.25, 0.3) is 0 Å². The van der Waals surface area contributed by atoms with E-state index in [9.17, 15) is 4.79 Å². The number of fused-ring (bicyclic) bond motifs is 5. The minimum absolute atomic E-state index is 0.0579. The fourth-order valence-corrected chi connectivity index (χ4v) is 9.77. The van der Waals surface area contributed by atoms with Gasteiger partial charge in [-0.1, -0.05) is 65.5 Å². The predicted molar refractivity (Wildman–Crippen MR) is 158 cm³/mol. The van der Waals surface area contributed by atoms with Crippen LogP contribution in [0, 0.1) is 46.3 Å². The van der Waals surface area contributed by atoms with E-state index in [0.29, 0.717) is 22.4 Å². The zero-order chi connectivity index (χ0) is 27.2. The van der Waals surface area contributed by atoms with Crippen molar-refractivity contribution in [1.29, 1.82) is 0 Å². The number of ether oxygens (including phenoxy) is 1. The fourth-order valence-electron chi connectivity index (χ4n) is 9.77. The SMILES string of the molecule is CC(C)CCC[C@@H](C)[C@H]1CC[C@H]2[C@@H]3CC=C4C[C@@H](OC(=O)c5cc(N)cc(N)c5)CC[C@]4(C)[C@H]3CC[C@]12C. The lowest BCUT2D eigenvalue weighted by atomic mass is 9.47. The Morgan fingerprint density at radius 2 is 1.71 bits per heavy atom. The van der Waals surface area contributed by atoms with Crippen LogP contribution in [0.1, 0.15) is 116 Å². The molecule has 1 aromatic carbocycles. The van der Waals surface area contributed by atoms with Gasteiger partial charge in [0, 0.05) is 17.8 Å². The predicted octanol–water partition coefficient (Wildman–Crippen LogP) is 8.42. The second-order valence-electron chi connectivity index (χ2n) is 14.4. The van der Waals surface area contributed by atoms with E-state index in [0.717, 1.165) is 54.8 Å². The molecule has 0 amide bonds. The molecule has 210 valence electrons. The smallest absolute Gasteiger partial charge is 0.338 e. The lowest BCUT2D eigenvalue weighted by molar-refractivity contribution is -0.0594. The van der Waals surface area contributed by atoms with Crippen molar-refractivity contribution in [2.75, 3.05) is 11.5 Å². The van der Waals surface area contributed by atoms with Crippen molar-refractivity contribution >= 4 is 17.3 Å². The van der Waals surface area contributed by atoms with Gasteiger partial charge in [-0.05, 0) is 109 Å². The molecule has 1 aromatic rings. The maximum absolute atomic E-state index is 12.9. The van der Waals surface area contributed by atoms with Crippen LogP contribution in [-0.2, 0) is 4.74 Å². The van der Waals surface area contributed by atoms with Gasteiger partial charge in [0.1, 0.15) is 6.10 Å². The van der Waals surface area contributed by atoms with Crippen molar-refractivity contribution in [3.05, 3.63) is 35.4 Å². The average molecular weight is 521 g/mol. The molecule has 3 saturated carbocycles. The van der Waals surface area contributed by atoms with Crippen LogP contribution in [0.2, 0.25) is 0 Å². The molecule has 0 saturated heterocycles. The molecule has 0 aliphatic heterocycles. The second-order valence-corrected chi connectivity index (χ2v) is 14.4. The van der Waals surface area contributed by atoms with Crippen molar-refractivity contribution in [2.45, 2.75) is 111 Å². The van der Waals surface area contributed by atoms with Crippen molar-refractivity contribution in [2.24, 2.45) is 46.3 Å². The highest BCUT2D eigenvalue weighted by Crippen LogP contribution is 2.67. The Morgan fingerprint density at radius 3 is 2.42 bits per heavy atom. The summed E-state index contributed by atoms with van der Waals surface area (Å²) in [6.07, 6.45) is 16.5. The fraction of sp³-hybridized carbons (Fsp3) is 0.735. The summed E-state index contributed by atoms with van der Waals surface area (Å²) in [4.78, 5) is 12.9. The first kappa shape index (κ1) is 27.6. The van der Waals surface area contributed by atoms with Gasteiger partial charge in [-0.15, -0.1) is 0 Å². The summed E-state index contributed by atoms with van der Waals surface area (Å²) in [5.74, 6) is 4.74. The molecule has 0 spiro atoms. The molecule has 0 unspecified atom stereocenters. The minimum atomic E-state index is -0.306. The molecule has 38 heavy (non-hydrogen) atoms. The van der Waals surface area contributed by atoms with Gasteiger partial charge in [0.2, 0.25) is 0 Å². The number of nitrogens with two attached hydrogens (primary N) is 2. The summed E-state index contributed by atoms with van der Waals surface area (Å²) in [5, 5.41) is 0. The van der Waals surface area contributed by atoms with Crippen LogP contribution in [0.5, 0.6) is 0 Å². The Balaban J connectivity index is 1.25. The number of anilines is 2. The zero-order valence-corrected chi connectivity index (χ0v) is 24.6. The van der Waals surface area contributed by atoms with Crippen molar-refractivity contribution in [1.82, 2.24) is 0 Å². The molecule has 5 rings (SSSR count). The number of hydrogen-bond acceptors (Lipinski definition) is 4. The maximum atomic E-state index is 12.9. The van der Waals surface area contributed by atoms with Crippen LogP contribution in [0.3, 0.4) is 0 Å². The number of allylic oxidation sites excluding steroid dienone is 1. The van der Waals surface area contributed by atoms with E-state index < -0.39 is 0 Å². The molecule has 3 fully saturated rings. The van der Waals surface area contributed by atoms with Crippen LogP contribution in [-0.4, -0.2) is 12.1 Å². The third-order valence-electron chi connectivity index (χ3n) is 11.7. The van der Waals surface area contributed by atoms with Gasteiger partial charge in [-0.25, -0.2) is 4.79 Å². The minimum Gasteiger partial charge on any atom is -0.458 e. The average Bonchev–Trinajstić information content (AvgIpc) is 3.20. The molecule has 0 bridgehead atoms. The molecule has 4 heteroatoms. The van der Waals surface area contributed by atoms with Gasteiger partial charge in [0.15, 0.2) is 0 Å². The lowest BCUT2D eigenvalue weighted by Gasteiger charge is -2.58. The Kier molecular flexibility index (Phi) is 7.66. The van der Waals surface area contributed by atoms with E-state index in [1.165, 1.54) is 51.4 Å². The highest BCUT2D eigenvalue weighted by Gasteiger charge is 2.59. The van der Waals surface area contributed by atoms with E-state index in [4.69, 9.17) is 16.2 Å². The first-order chi connectivity index (χ1) is 18.0. The molecule has 4 N–H and O–H groups in total. The van der Waals surface area contributed by atoms with Gasteiger partial charge < -0.3 is 16.2 Å². The number of hydrogen-bond donors (Lipinski definition) is 2. The summed E-state index contributed by atoms with van der Waals surface area (Å²) in [6.45, 7) is 12.5. The highest BCUT2D eigenvalue weighted by molar-refractivity contribution is 5.91. The number of carbonyl (C=O) groups excluding carboxylic acids is 1. The Morgan fingerprint density at radius 1 is 0.974 bits per heavy atom. The number of rotatable bonds is 7. The number of benzene rings is 1. The summed E-state index contributed by atoms with van der Waals surface area (Å²) < 4.78 is 6.00. The molecule has 0 radical (unpaired) electrons. The Bertz CT molecular complexity index is 1040. The van der Waals surface area contributed by atoms with E-state index in [1.54, 1.807) is 23.8 Å². The summed E-state index contributed by atoms with van der Waals surface area (Å²) >= 11 is 0. The largest absolute Gasteiger partial charge is 0.458 e. The topological polar surface area (TPSA) is 78.3 Å². The standard InChI is InChI=1S/C34H52N2O2/c1-21(2)7-6-8-22(3)29-11-12-30-28-10-9-24-19-27(38-32(37)23-17-25(35)20-26(36)18-23)13-15-33(24,4)31(28)14-16-34(29,30)5/h9,17-18,20-22,27-31H,6-8,10-16,19,35-36H2,1-5H3/t22-,27+,28+,29-,30+,31+,33+,34-/m1/s1. The van der Waals surface area contributed by atoms with E-state index >= 15 is 0 Å². The van der Waals surface area contributed by atoms with Crippen LogP contribution in [0.15, 0.2) is 29.8 Å². The van der Waals surface area contributed by atoms with E-state index in [1.807, 2.05) is 0 Å². The molecular formula is C34H52N2O2. The van der Waals surface area contributed by atoms with Gasteiger partial charge in [0.05, 0.1) is 5.56 Å². The Hall–Kier alpha value is -1.97. The van der Waals surface area contributed by atoms with Crippen LogP contribution < -0.4 is 11.5 Å². The van der Waals surface area contributed by atoms with Crippen LogP contribution in [0.25, 0.3) is 0 Å². The molecule has 0 aromatic heterocycles. The molecule has 4 aliphatic rings. The molecule has 8 atom stereocenters. The molecule has 0 heterocycles. The van der Waals surface area contributed by atoms with E-state index in [-0.39, 0.29) is 17.5 Å². The normalized spacial score (nSPS) is 37.1. The number of carbonyl (C=O) groups is 1. The maximum Gasteiger partial charge on any atom is 0.338 e. The van der Waals surface area contributed by atoms with Crippen molar-refractivity contribution in [3.8, 4) is 0 Å². The first-order valence-corrected chi connectivity index (χ1v) is 15.6. The number of nitrogen functional groups attached to an aromatic ring is 2. The van der Waals surface area contributed by atoms with E-state index in [2.05, 4.69) is 40.7 Å². The van der Waals surface area contributed by atoms with Gasteiger partial charge in [-0.3, -0.25) is 0 Å². The third kappa shape index (κ3) is 5.02. The monoisotopic (exact) mass is 520 g/mol. The first-order valence-electron chi connectivity index (χ1n) is 15.6. The molecule has 4 aliphatic carbocycles. The summed E-state index contributed by atoms with van der Waals surface area (Å²) in [6, 6.07) is 4.99. The highest BCUT2D eigenvalue weighted by atomic mass is 16.5. The molecule has 4 nitrogen and oxygen atoms in total. The quantitative estimate of drug-likeness (QED) is 0.215. The summed E-state index contributed by atoms with van der Waals surface area (Å²) in [7, 11) is 0. The number of esters is 1. The third-order valence-corrected chi connectivity index (χ3v) is 11.7. The second kappa shape index (κ2) is 10.5. The van der Waals surface area contributed by atoms with Crippen molar-refractivity contribution in [3.63, 3.8) is 0 Å². The van der Waals surface area contributed by atoms with Crippen molar-refractivity contribution < 1.29 is 9.53 Å². The van der Waals surface area contributed by atoms with Gasteiger partial charge in [-0.2, -0.15) is 0 Å². The van der Waals surface area contributed by atoms with Crippen LogP contribution >= 0.6 is 0 Å².